The Labute approximate surface area is 32.4 Å². The zero-order valence-electron chi connectivity index (χ0n) is 2.47. The van der Waals surface area contributed by atoms with E-state index in [4.69, 9.17) is 0 Å². The molecule has 4 radical (unpaired) electrons. The molecule has 0 saturated heterocycles. The molecule has 0 unspecified atom stereocenters. The monoisotopic (exact) mass is 66.0 g/mol. The fraction of sp³-hybridized carbons (Fsp3) is 0. The van der Waals surface area contributed by atoms with Crippen LogP contribution >= 0.6 is 0 Å². The third kappa shape index (κ3) is 3.60. The van der Waals surface area contributed by atoms with Crippen LogP contribution in [0.4, 0.5) is 4.79 Å². The highest BCUT2D eigenvalue weighted by molar-refractivity contribution is 6.56. The number of hydrogen-bond donors (Lipinski definition) is 0. The molecule has 0 amide bonds. The van der Waals surface area contributed by atoms with E-state index in [-0.39, 0.29) is 0 Å². The molecule has 0 atom stereocenters. The SMILES string of the molecule is [B]OC([B])=O. The second kappa shape index (κ2) is 1.88. The van der Waals surface area contributed by atoms with Crippen LogP contribution in [-0.4, -0.2) is 21.8 Å². The summed E-state index contributed by atoms with van der Waals surface area (Å²) in [6.07, 6.45) is 0. The number of hydrogen-bond acceptors (Lipinski definition) is 2. The van der Waals surface area contributed by atoms with Gasteiger partial charge in [-0.3, -0.25) is 4.79 Å². The summed E-state index contributed by atoms with van der Waals surface area (Å²) in [5.74, 6) is -0.968. The molecule has 0 saturated carbocycles. The van der Waals surface area contributed by atoms with Gasteiger partial charge in [0, 0.05) is 0 Å². The van der Waals surface area contributed by atoms with Crippen LogP contribution in [0.5, 0.6) is 0 Å². The molecule has 0 aromatic carbocycles. The van der Waals surface area contributed by atoms with E-state index in [2.05, 4.69) is 20.5 Å². The van der Waals surface area contributed by atoms with Crippen molar-refractivity contribution in [2.45, 2.75) is 0 Å². The Kier molecular flexibility index (Phi) is 1.73. The van der Waals surface area contributed by atoms with Crippen molar-refractivity contribution in [1.82, 2.24) is 0 Å². The summed E-state index contributed by atoms with van der Waals surface area (Å²) in [5.41, 5.74) is 0. The van der Waals surface area contributed by atoms with Gasteiger partial charge in [-0.2, -0.15) is 0 Å². The smallest absolute Gasteiger partial charge is 0.376 e. The maximum absolute atomic E-state index is 9.24. The van der Waals surface area contributed by atoms with Gasteiger partial charge in [0.1, 0.15) is 0 Å². The van der Waals surface area contributed by atoms with Gasteiger partial charge in [-0.05, 0) is 0 Å². The van der Waals surface area contributed by atoms with Crippen LogP contribution in [0.25, 0.3) is 0 Å². The van der Waals surface area contributed by atoms with Crippen LogP contribution in [0.2, 0.25) is 0 Å². The quantitative estimate of drug-likeness (QED) is 0.352. The summed E-state index contributed by atoms with van der Waals surface area (Å²) in [6.45, 7) is 0. The summed E-state index contributed by atoms with van der Waals surface area (Å²) < 4.78 is 3.39. The topological polar surface area (TPSA) is 26.3 Å². The number of carbonyl (C=O) groups is 1. The lowest BCUT2D eigenvalue weighted by atomic mass is 10.2. The molecule has 22 valence electrons. The van der Waals surface area contributed by atoms with Gasteiger partial charge < -0.3 is 4.65 Å². The van der Waals surface area contributed by atoms with Gasteiger partial charge in [0.25, 0.3) is 0 Å². The lowest BCUT2D eigenvalue weighted by Crippen LogP contribution is -1.94. The molecule has 0 bridgehead atoms. The van der Waals surface area contributed by atoms with E-state index in [1.165, 1.54) is 0 Å². The molecule has 0 spiro atoms. The molecule has 0 aliphatic rings. The predicted molar refractivity (Wildman–Crippen MR) is 18.0 cm³/mol. The summed E-state index contributed by atoms with van der Waals surface area (Å²) in [6, 6.07) is 0. The van der Waals surface area contributed by atoms with E-state index in [1.54, 1.807) is 0 Å². The van der Waals surface area contributed by atoms with E-state index >= 15 is 0 Å². The van der Waals surface area contributed by atoms with E-state index in [9.17, 15) is 4.79 Å². The predicted octanol–water partition coefficient (Wildman–Crippen LogP) is -0.625. The molecule has 0 N–H and O–H groups in total. The van der Waals surface area contributed by atoms with Crippen molar-refractivity contribution in [2.24, 2.45) is 0 Å². The number of rotatable bonds is 0. The van der Waals surface area contributed by atoms with Crippen LogP contribution in [0.3, 0.4) is 0 Å². The lowest BCUT2D eigenvalue weighted by molar-refractivity contribution is 0.229. The summed E-state index contributed by atoms with van der Waals surface area (Å²) in [4.78, 5) is 9.24. The van der Waals surface area contributed by atoms with E-state index in [0.717, 1.165) is 0 Å². The van der Waals surface area contributed by atoms with Gasteiger partial charge in [-0.1, -0.05) is 0 Å². The zero-order chi connectivity index (χ0) is 4.28. The van der Waals surface area contributed by atoms with Gasteiger partial charge in [-0.15, -0.1) is 0 Å². The van der Waals surface area contributed by atoms with Crippen molar-refractivity contribution in [3.63, 3.8) is 0 Å². The minimum atomic E-state index is -0.968. The van der Waals surface area contributed by atoms with Crippen LogP contribution in [0, 0.1) is 0 Å². The molecule has 0 aliphatic carbocycles. The second-order valence-electron chi connectivity index (χ2n) is 0.437. The summed E-state index contributed by atoms with van der Waals surface area (Å²) in [5, 5.41) is 0. The van der Waals surface area contributed by atoms with Crippen molar-refractivity contribution >= 4 is 21.8 Å². The highest BCUT2D eigenvalue weighted by Gasteiger charge is 1.75. The third-order valence-electron chi connectivity index (χ3n) is 0.116. The van der Waals surface area contributed by atoms with E-state index in [1.807, 2.05) is 0 Å². The zero-order valence-corrected chi connectivity index (χ0v) is 2.47. The maximum Gasteiger partial charge on any atom is 0.376 e. The fourth-order valence-corrected chi connectivity index (χ4v) is 0. The molecule has 0 rings (SSSR count). The van der Waals surface area contributed by atoms with Crippen LogP contribution in [0.1, 0.15) is 0 Å². The molecule has 0 aromatic heterocycles. The molecule has 0 aromatic rings. The van der Waals surface area contributed by atoms with Crippen molar-refractivity contribution in [3.8, 4) is 0 Å². The normalized spacial score (nSPS) is 6.40. The average Bonchev–Trinajstić information content (AvgIpc) is 1.38. The van der Waals surface area contributed by atoms with Gasteiger partial charge in [0.2, 0.25) is 13.7 Å². The second-order valence-corrected chi connectivity index (χ2v) is 0.437. The Morgan fingerprint density at radius 2 is 2.00 bits per heavy atom. The maximum atomic E-state index is 9.24. The van der Waals surface area contributed by atoms with Crippen LogP contribution < -0.4 is 0 Å². The standard InChI is InChI=1S/CB2O2/c2-1(4)5-3. The average molecular weight is 65.6 g/mol. The molecule has 0 aliphatic heterocycles. The highest BCUT2D eigenvalue weighted by Crippen LogP contribution is 1.58. The van der Waals surface area contributed by atoms with Crippen molar-refractivity contribution in [1.29, 1.82) is 0 Å². The molecular weight excluding hydrogens is 65.6 g/mol. The van der Waals surface area contributed by atoms with E-state index < -0.39 is 5.87 Å². The van der Waals surface area contributed by atoms with Gasteiger partial charge >= 0.3 is 8.05 Å². The molecule has 5 heavy (non-hydrogen) atoms. The first-order chi connectivity index (χ1) is 2.27. The van der Waals surface area contributed by atoms with Crippen molar-refractivity contribution < 1.29 is 9.45 Å². The lowest BCUT2D eigenvalue weighted by Gasteiger charge is -1.82. The van der Waals surface area contributed by atoms with Crippen LogP contribution in [0.15, 0.2) is 0 Å². The highest BCUT2D eigenvalue weighted by atomic mass is 16.5. The first-order valence-electron chi connectivity index (χ1n) is 0.933. The largest absolute Gasteiger partial charge is 0.552 e. The molecule has 0 fully saturated rings. The van der Waals surface area contributed by atoms with Crippen molar-refractivity contribution in [3.05, 3.63) is 0 Å². The third-order valence-corrected chi connectivity index (χ3v) is 0.116. The van der Waals surface area contributed by atoms with E-state index in [0.29, 0.717) is 0 Å². The molecule has 0 heterocycles. The first kappa shape index (κ1) is 4.60. The van der Waals surface area contributed by atoms with Crippen molar-refractivity contribution in [2.75, 3.05) is 0 Å². The molecule has 2 nitrogen and oxygen atoms in total. The Morgan fingerprint density at radius 3 is 2.00 bits per heavy atom. The van der Waals surface area contributed by atoms with Gasteiger partial charge in [0.05, 0.1) is 0 Å². The number of carbonyl (C=O) groups excluding carboxylic acids is 1. The molecule has 4 heteroatoms. The Morgan fingerprint density at radius 1 is 1.80 bits per heavy atom. The minimum Gasteiger partial charge on any atom is -0.552 e. The van der Waals surface area contributed by atoms with Gasteiger partial charge in [0.15, 0.2) is 0 Å². The van der Waals surface area contributed by atoms with Crippen LogP contribution in [-0.2, 0) is 4.65 Å². The fourth-order valence-electron chi connectivity index (χ4n) is 0. The van der Waals surface area contributed by atoms with Gasteiger partial charge in [-0.25, -0.2) is 0 Å². The Balaban J connectivity index is 2.85. The first-order valence-corrected chi connectivity index (χ1v) is 0.933. The molecular formula is CB2O2. The summed E-state index contributed by atoms with van der Waals surface area (Å²) >= 11 is 0. The minimum absolute atomic E-state index is 0.968. The Bertz CT molecular complexity index is 42.9. The Hall–Kier alpha value is -0.400. The summed E-state index contributed by atoms with van der Waals surface area (Å²) in [7, 11) is 8.50.